The quantitative estimate of drug-likeness (QED) is 0.205. The number of hydrogen-bond donors (Lipinski definition) is 1. The zero-order valence-corrected chi connectivity index (χ0v) is 26.7. The molecule has 1 N–H and O–H groups in total. The Balaban J connectivity index is 0.00000154. The number of phenolic OH excluding ortho intramolecular Hbond substituents is 1. The number of rotatable bonds is 11. The molecule has 4 aromatic carbocycles. The van der Waals surface area contributed by atoms with Gasteiger partial charge in [0.2, 0.25) is 0 Å². The van der Waals surface area contributed by atoms with Crippen molar-refractivity contribution in [2.24, 2.45) is 0 Å². The number of carbonyl (C=O) groups excluding carboxylic acids is 3. The van der Waals surface area contributed by atoms with Crippen LogP contribution in [-0.2, 0) is 38.6 Å². The SMILES string of the molecule is CCC.CN(CCc1cccc2ccccc12)CC1N(CC=O)C(=O)C(Cc2ccc(O)cc2)ON1C(=O)OCc1ccccc1. The minimum atomic E-state index is -1.06. The van der Waals surface area contributed by atoms with Crippen molar-refractivity contribution in [3.05, 3.63) is 114 Å². The van der Waals surface area contributed by atoms with E-state index in [2.05, 4.69) is 38.1 Å². The summed E-state index contributed by atoms with van der Waals surface area (Å²) in [5.41, 5.74) is 2.72. The first kappa shape index (κ1) is 34.1. The van der Waals surface area contributed by atoms with Gasteiger partial charge in [0.15, 0.2) is 6.10 Å². The third-order valence-electron chi connectivity index (χ3n) is 7.56. The zero-order valence-electron chi connectivity index (χ0n) is 26.7. The van der Waals surface area contributed by atoms with Crippen molar-refractivity contribution in [1.29, 1.82) is 0 Å². The van der Waals surface area contributed by atoms with Crippen LogP contribution in [0.25, 0.3) is 10.8 Å². The van der Waals surface area contributed by atoms with E-state index in [-0.39, 0.29) is 31.9 Å². The van der Waals surface area contributed by atoms with Gasteiger partial charge < -0.3 is 24.4 Å². The molecule has 242 valence electrons. The van der Waals surface area contributed by atoms with E-state index >= 15 is 0 Å². The molecule has 9 heteroatoms. The first-order chi connectivity index (χ1) is 22.3. The molecule has 1 aliphatic rings. The Morgan fingerprint density at radius 2 is 1.61 bits per heavy atom. The molecular weight excluding hydrogens is 582 g/mol. The molecule has 0 spiro atoms. The number of hydrogen-bond acceptors (Lipinski definition) is 7. The summed E-state index contributed by atoms with van der Waals surface area (Å²) >= 11 is 0. The lowest BCUT2D eigenvalue weighted by atomic mass is 10.0. The van der Waals surface area contributed by atoms with Gasteiger partial charge in [0.1, 0.15) is 24.8 Å². The molecule has 4 aromatic rings. The Bertz CT molecular complexity index is 1560. The first-order valence-electron chi connectivity index (χ1n) is 15.7. The molecule has 1 heterocycles. The van der Waals surface area contributed by atoms with E-state index in [0.717, 1.165) is 28.0 Å². The largest absolute Gasteiger partial charge is 0.508 e. The number of hydroxylamine groups is 2. The fourth-order valence-electron chi connectivity index (χ4n) is 5.29. The van der Waals surface area contributed by atoms with Crippen molar-refractivity contribution in [1.82, 2.24) is 14.9 Å². The van der Waals surface area contributed by atoms with Gasteiger partial charge in [-0.05, 0) is 53.1 Å². The molecule has 1 aliphatic heterocycles. The van der Waals surface area contributed by atoms with E-state index in [1.165, 1.54) is 34.4 Å². The van der Waals surface area contributed by atoms with Crippen LogP contribution in [0.1, 0.15) is 37.0 Å². The van der Waals surface area contributed by atoms with E-state index in [4.69, 9.17) is 9.57 Å². The Morgan fingerprint density at radius 3 is 2.33 bits per heavy atom. The minimum Gasteiger partial charge on any atom is -0.508 e. The van der Waals surface area contributed by atoms with Crippen molar-refractivity contribution in [3.63, 3.8) is 0 Å². The smallest absolute Gasteiger partial charge is 0.436 e. The summed E-state index contributed by atoms with van der Waals surface area (Å²) in [4.78, 5) is 48.3. The number of aromatic hydroxyl groups is 1. The molecule has 0 bridgehead atoms. The highest BCUT2D eigenvalue weighted by atomic mass is 16.7. The van der Waals surface area contributed by atoms with E-state index < -0.39 is 24.3 Å². The van der Waals surface area contributed by atoms with Crippen LogP contribution in [0.15, 0.2) is 97.1 Å². The fourth-order valence-corrected chi connectivity index (χ4v) is 5.29. The number of phenols is 1. The van der Waals surface area contributed by atoms with Gasteiger partial charge in [-0.3, -0.25) is 9.63 Å². The van der Waals surface area contributed by atoms with Crippen molar-refractivity contribution in [2.75, 3.05) is 26.7 Å². The molecule has 1 saturated heterocycles. The average Bonchev–Trinajstić information content (AvgIpc) is 3.07. The summed E-state index contributed by atoms with van der Waals surface area (Å²) in [6.45, 7) is 4.93. The standard InChI is InChI=1S/C34H35N3O6.C3H8/c1-35(19-18-28-12-7-11-27-10-5-6-13-30(27)28)23-32-36(20-21-38)33(40)31(22-25-14-16-29(39)17-15-25)43-37(32)34(41)42-24-26-8-3-2-4-9-26;1-3-2/h2-17,21,31-32,39H,18-20,22-24H2,1H3;3H2,1-2H3. The highest BCUT2D eigenvalue weighted by molar-refractivity contribution is 5.86. The number of likely N-dealkylation sites (N-methyl/N-ethyl adjacent to an activating group) is 1. The van der Waals surface area contributed by atoms with E-state index in [1.54, 1.807) is 12.1 Å². The second-order valence-corrected chi connectivity index (χ2v) is 11.3. The van der Waals surface area contributed by atoms with Crippen LogP contribution in [0.2, 0.25) is 0 Å². The molecule has 2 unspecified atom stereocenters. The van der Waals surface area contributed by atoms with Gasteiger partial charge in [0.05, 0.1) is 6.54 Å². The first-order valence-corrected chi connectivity index (χ1v) is 15.7. The predicted octanol–water partition coefficient (Wildman–Crippen LogP) is 5.98. The number of nitrogens with zero attached hydrogens (tertiary/aromatic N) is 3. The van der Waals surface area contributed by atoms with Crippen molar-refractivity contribution >= 4 is 29.1 Å². The van der Waals surface area contributed by atoms with Crippen LogP contribution in [0.5, 0.6) is 5.75 Å². The molecule has 5 rings (SSSR count). The lowest BCUT2D eigenvalue weighted by molar-refractivity contribution is -0.255. The summed E-state index contributed by atoms with van der Waals surface area (Å²) in [7, 11) is 1.91. The molecule has 0 aliphatic carbocycles. The van der Waals surface area contributed by atoms with Gasteiger partial charge in [-0.25, -0.2) is 4.79 Å². The Kier molecular flexibility index (Phi) is 12.7. The summed E-state index contributed by atoms with van der Waals surface area (Å²) in [5.74, 6) is -0.306. The number of carbonyl (C=O) groups is 3. The normalized spacial score (nSPS) is 16.2. The topological polar surface area (TPSA) is 99.6 Å². The van der Waals surface area contributed by atoms with Gasteiger partial charge in [-0.2, -0.15) is 5.06 Å². The molecule has 0 radical (unpaired) electrons. The van der Waals surface area contributed by atoms with Gasteiger partial charge in [-0.1, -0.05) is 105 Å². The van der Waals surface area contributed by atoms with Crippen LogP contribution in [-0.4, -0.2) is 77.2 Å². The second-order valence-electron chi connectivity index (χ2n) is 11.3. The Labute approximate surface area is 270 Å². The lowest BCUT2D eigenvalue weighted by Gasteiger charge is -2.45. The van der Waals surface area contributed by atoms with E-state index in [0.29, 0.717) is 12.8 Å². The highest BCUT2D eigenvalue weighted by Gasteiger charge is 2.45. The molecule has 0 aromatic heterocycles. The van der Waals surface area contributed by atoms with Gasteiger partial charge in [0.25, 0.3) is 5.91 Å². The summed E-state index contributed by atoms with van der Waals surface area (Å²) < 4.78 is 5.62. The number of aldehydes is 1. The lowest BCUT2D eigenvalue weighted by Crippen LogP contribution is -2.65. The maximum atomic E-state index is 13.6. The minimum absolute atomic E-state index is 0.0213. The van der Waals surface area contributed by atoms with Gasteiger partial charge in [-0.15, -0.1) is 0 Å². The maximum Gasteiger partial charge on any atom is 0.436 e. The van der Waals surface area contributed by atoms with Crippen LogP contribution >= 0.6 is 0 Å². The highest BCUT2D eigenvalue weighted by Crippen LogP contribution is 2.25. The third kappa shape index (κ3) is 9.15. The summed E-state index contributed by atoms with van der Waals surface area (Å²) in [5, 5.41) is 13.1. The molecule has 2 amide bonds. The molecule has 0 saturated carbocycles. The Hall–Kier alpha value is -4.73. The van der Waals surface area contributed by atoms with Crippen molar-refractivity contribution in [2.45, 2.75) is 52.0 Å². The third-order valence-corrected chi connectivity index (χ3v) is 7.56. The molecule has 2 atom stereocenters. The van der Waals surface area contributed by atoms with Gasteiger partial charge in [0, 0.05) is 19.5 Å². The van der Waals surface area contributed by atoms with Gasteiger partial charge >= 0.3 is 6.09 Å². The number of benzene rings is 4. The predicted molar refractivity (Wildman–Crippen MR) is 178 cm³/mol. The summed E-state index contributed by atoms with van der Waals surface area (Å²) in [6, 6.07) is 30.1. The molecular formula is C37H43N3O6. The molecule has 9 nitrogen and oxygen atoms in total. The van der Waals surface area contributed by atoms with Crippen LogP contribution in [0.4, 0.5) is 4.79 Å². The number of ether oxygens (including phenoxy) is 1. The zero-order chi connectivity index (χ0) is 32.9. The van der Waals surface area contributed by atoms with Crippen LogP contribution in [0, 0.1) is 0 Å². The fraction of sp³-hybridized carbons (Fsp3) is 0.324. The van der Waals surface area contributed by atoms with Crippen molar-refractivity contribution in [3.8, 4) is 5.75 Å². The number of fused-ring (bicyclic) bond motifs is 1. The Morgan fingerprint density at radius 1 is 0.935 bits per heavy atom. The van der Waals surface area contributed by atoms with Crippen LogP contribution in [0.3, 0.4) is 0 Å². The molecule has 46 heavy (non-hydrogen) atoms. The monoisotopic (exact) mass is 625 g/mol. The van der Waals surface area contributed by atoms with E-state index in [1.807, 2.05) is 60.5 Å². The van der Waals surface area contributed by atoms with Crippen LogP contribution < -0.4 is 0 Å². The number of amides is 2. The molecule has 1 fully saturated rings. The average molecular weight is 626 g/mol. The summed E-state index contributed by atoms with van der Waals surface area (Å²) in [6.07, 6.45) is 0.0727. The maximum absolute atomic E-state index is 13.6. The van der Waals surface area contributed by atoms with E-state index in [9.17, 15) is 19.5 Å². The second kappa shape index (κ2) is 17.1. The van der Waals surface area contributed by atoms with Crippen molar-refractivity contribution < 1.29 is 29.1 Å².